The smallest absolute Gasteiger partial charge is 0.167 e. The fraction of sp³-hybridized carbons (Fsp3) is 0.500. The van der Waals surface area contributed by atoms with E-state index in [2.05, 4.69) is 20.2 Å². The number of methoxy groups -OCH3 is 2. The summed E-state index contributed by atoms with van der Waals surface area (Å²) < 4.78 is 45.7. The minimum Gasteiger partial charge on any atom is -0.494 e. The minimum atomic E-state index is -3.93. The summed E-state index contributed by atoms with van der Waals surface area (Å²) in [4.78, 5) is 8.17. The van der Waals surface area contributed by atoms with E-state index in [0.29, 0.717) is 29.6 Å². The van der Waals surface area contributed by atoms with Crippen LogP contribution >= 0.6 is 0 Å². The predicted octanol–water partition coefficient (Wildman–Crippen LogP) is 2.66. The lowest BCUT2D eigenvalue weighted by molar-refractivity contribution is 0.00828. The highest BCUT2D eigenvalue weighted by Gasteiger charge is 2.35. The largest absolute Gasteiger partial charge is 0.494 e. The van der Waals surface area contributed by atoms with Gasteiger partial charge in [0.2, 0.25) is 0 Å². The van der Waals surface area contributed by atoms with Gasteiger partial charge in [0.15, 0.2) is 27.3 Å². The predicted molar refractivity (Wildman–Crippen MR) is 131 cm³/mol. The number of para-hydroxylation sites is 1. The molecule has 1 aromatic carbocycles. The van der Waals surface area contributed by atoms with Crippen molar-refractivity contribution in [3.05, 3.63) is 53.6 Å². The molecule has 1 aliphatic heterocycles. The molecule has 3 heterocycles. The van der Waals surface area contributed by atoms with Crippen molar-refractivity contribution in [1.29, 1.82) is 0 Å². The van der Waals surface area contributed by atoms with Crippen molar-refractivity contribution in [1.82, 2.24) is 24.7 Å². The lowest BCUT2D eigenvalue weighted by atomic mass is 10.1. The molecule has 12 heteroatoms. The van der Waals surface area contributed by atoms with E-state index in [0.717, 1.165) is 24.8 Å². The van der Waals surface area contributed by atoms with E-state index in [-0.39, 0.29) is 17.8 Å². The second-order valence-corrected chi connectivity index (χ2v) is 11.1. The van der Waals surface area contributed by atoms with Gasteiger partial charge in [-0.05, 0) is 50.8 Å². The maximum Gasteiger partial charge on any atom is 0.167 e. The quantitative estimate of drug-likeness (QED) is 0.451. The van der Waals surface area contributed by atoms with Gasteiger partial charge in [-0.15, -0.1) is 10.2 Å². The molecule has 1 aliphatic rings. The Bertz CT molecular complexity index is 1270. The topological polar surface area (TPSA) is 139 Å². The van der Waals surface area contributed by atoms with Crippen molar-refractivity contribution >= 4 is 9.84 Å². The molecule has 2 aromatic heterocycles. The first kappa shape index (κ1) is 26.0. The summed E-state index contributed by atoms with van der Waals surface area (Å²) in [7, 11) is -0.886. The number of hydrogen-bond acceptors (Lipinski definition) is 10. The number of sulfone groups is 1. The van der Waals surface area contributed by atoms with Crippen molar-refractivity contribution < 1.29 is 27.7 Å². The summed E-state index contributed by atoms with van der Waals surface area (Å²) in [6.45, 7) is 3.82. The second-order valence-electron chi connectivity index (χ2n) is 8.75. The average molecular weight is 518 g/mol. The first-order chi connectivity index (χ1) is 17.3. The molecule has 3 atom stereocenters. The number of aliphatic hydroxyl groups excluding tert-OH is 1. The van der Waals surface area contributed by atoms with Gasteiger partial charge in [-0.1, -0.05) is 6.07 Å². The van der Waals surface area contributed by atoms with Crippen molar-refractivity contribution in [2.24, 2.45) is 0 Å². The lowest BCUT2D eigenvalue weighted by Gasteiger charge is -2.24. The number of nitrogens with zero attached hydrogens (tertiary/aromatic N) is 5. The lowest BCUT2D eigenvalue weighted by Crippen LogP contribution is -2.29. The van der Waals surface area contributed by atoms with Gasteiger partial charge in [0, 0.05) is 19.0 Å². The SMILES string of the molecule is COc1cccc(OC)c1-n1c(CS(=O)(=O)[C@@H](C)[C@H](O)c2ncc(C)cn2)nnc1[C@@H]1CCCCO1. The zero-order valence-corrected chi connectivity index (χ0v) is 21.6. The second kappa shape index (κ2) is 10.9. The van der Waals surface area contributed by atoms with Crippen LogP contribution in [0.3, 0.4) is 0 Å². The minimum absolute atomic E-state index is 0.0424. The Hall–Kier alpha value is -3.09. The van der Waals surface area contributed by atoms with Crippen LogP contribution in [0.25, 0.3) is 5.69 Å². The molecular weight excluding hydrogens is 486 g/mol. The van der Waals surface area contributed by atoms with E-state index in [1.165, 1.54) is 33.5 Å². The Morgan fingerprint density at radius 1 is 1.14 bits per heavy atom. The molecule has 0 radical (unpaired) electrons. The fourth-order valence-electron chi connectivity index (χ4n) is 4.15. The average Bonchev–Trinajstić information content (AvgIpc) is 3.30. The van der Waals surface area contributed by atoms with E-state index in [4.69, 9.17) is 14.2 Å². The van der Waals surface area contributed by atoms with Crippen LogP contribution in [0.4, 0.5) is 0 Å². The maximum absolute atomic E-state index is 13.5. The van der Waals surface area contributed by atoms with Gasteiger partial charge in [-0.25, -0.2) is 18.4 Å². The highest BCUT2D eigenvalue weighted by Crippen LogP contribution is 2.38. The molecule has 0 spiro atoms. The molecule has 0 unspecified atom stereocenters. The molecule has 11 nitrogen and oxygen atoms in total. The van der Waals surface area contributed by atoms with Gasteiger partial charge in [-0.2, -0.15) is 0 Å². The van der Waals surface area contributed by atoms with Crippen LogP contribution in [0.15, 0.2) is 30.6 Å². The monoisotopic (exact) mass is 517 g/mol. The third kappa shape index (κ3) is 5.20. The first-order valence-corrected chi connectivity index (χ1v) is 13.4. The van der Waals surface area contributed by atoms with E-state index in [9.17, 15) is 13.5 Å². The highest BCUT2D eigenvalue weighted by molar-refractivity contribution is 7.91. The molecule has 0 aliphatic carbocycles. The van der Waals surface area contributed by atoms with Crippen LogP contribution in [-0.4, -0.2) is 64.3 Å². The van der Waals surface area contributed by atoms with E-state index >= 15 is 0 Å². The Kier molecular flexibility index (Phi) is 7.86. The number of benzene rings is 1. The number of aliphatic hydroxyl groups is 1. The van der Waals surface area contributed by atoms with Gasteiger partial charge >= 0.3 is 0 Å². The van der Waals surface area contributed by atoms with Gasteiger partial charge in [0.25, 0.3) is 0 Å². The van der Waals surface area contributed by atoms with Crippen LogP contribution in [0.5, 0.6) is 11.5 Å². The molecule has 1 fully saturated rings. The van der Waals surface area contributed by atoms with Crippen LogP contribution in [0.1, 0.15) is 61.4 Å². The van der Waals surface area contributed by atoms with Crippen LogP contribution < -0.4 is 9.47 Å². The Morgan fingerprint density at radius 3 is 2.39 bits per heavy atom. The molecule has 194 valence electrons. The summed E-state index contributed by atoms with van der Waals surface area (Å²) in [6, 6.07) is 5.28. The molecule has 0 bridgehead atoms. The Labute approximate surface area is 210 Å². The van der Waals surface area contributed by atoms with Crippen molar-refractivity contribution in [2.75, 3.05) is 20.8 Å². The van der Waals surface area contributed by atoms with Crippen molar-refractivity contribution in [3.8, 4) is 17.2 Å². The zero-order chi connectivity index (χ0) is 25.9. The normalized spacial score (nSPS) is 18.0. The van der Waals surface area contributed by atoms with Crippen LogP contribution in [0, 0.1) is 6.92 Å². The van der Waals surface area contributed by atoms with Crippen molar-refractivity contribution in [3.63, 3.8) is 0 Å². The van der Waals surface area contributed by atoms with Crippen LogP contribution in [0.2, 0.25) is 0 Å². The maximum atomic E-state index is 13.5. The third-order valence-corrected chi connectivity index (χ3v) is 8.31. The summed E-state index contributed by atoms with van der Waals surface area (Å²) in [5.41, 5.74) is 1.29. The Morgan fingerprint density at radius 2 is 1.81 bits per heavy atom. The summed E-state index contributed by atoms with van der Waals surface area (Å²) in [6.07, 6.45) is 3.92. The molecule has 0 amide bonds. The highest BCUT2D eigenvalue weighted by atomic mass is 32.2. The van der Waals surface area contributed by atoms with Crippen LogP contribution in [-0.2, 0) is 20.3 Å². The molecule has 4 rings (SSSR count). The molecule has 0 saturated carbocycles. The van der Waals surface area contributed by atoms with Gasteiger partial charge in [0.1, 0.15) is 35.1 Å². The molecule has 36 heavy (non-hydrogen) atoms. The van der Waals surface area contributed by atoms with Gasteiger partial charge < -0.3 is 19.3 Å². The fourth-order valence-corrected chi connectivity index (χ4v) is 5.47. The zero-order valence-electron chi connectivity index (χ0n) is 20.8. The molecule has 3 aromatic rings. The van der Waals surface area contributed by atoms with E-state index in [1.54, 1.807) is 22.8 Å². The van der Waals surface area contributed by atoms with Crippen molar-refractivity contribution in [2.45, 2.75) is 56.3 Å². The third-order valence-electron chi connectivity index (χ3n) is 6.26. The molecule has 1 N–H and O–H groups in total. The standard InChI is InChI=1S/C24H31N5O6S/c1-15-12-25-23(26-13-15)22(30)16(2)36(31,32)14-20-27-28-24(19-8-5-6-11-35-19)29(20)21-17(33-3)9-7-10-18(21)34-4/h7,9-10,12-13,16,19,22,30H,5-6,8,11,14H2,1-4H3/t16-,19-,22-/m0/s1. The van der Waals surface area contributed by atoms with Gasteiger partial charge in [-0.3, -0.25) is 4.57 Å². The summed E-state index contributed by atoms with van der Waals surface area (Å²) in [5, 5.41) is 18.2. The van der Waals surface area contributed by atoms with E-state index in [1.807, 2.05) is 6.92 Å². The van der Waals surface area contributed by atoms with E-state index < -0.39 is 26.9 Å². The number of rotatable bonds is 9. The number of hydrogen-bond donors (Lipinski definition) is 1. The number of ether oxygens (including phenoxy) is 3. The first-order valence-electron chi connectivity index (χ1n) is 11.7. The number of aromatic nitrogens is 5. The molecule has 1 saturated heterocycles. The Balaban J connectivity index is 1.77. The summed E-state index contributed by atoms with van der Waals surface area (Å²) >= 11 is 0. The molecular formula is C24H31N5O6S. The number of aryl methyl sites for hydroxylation is 1. The summed E-state index contributed by atoms with van der Waals surface area (Å²) in [5.74, 6) is 1.11. The van der Waals surface area contributed by atoms with Gasteiger partial charge in [0.05, 0.1) is 19.5 Å².